The van der Waals surface area contributed by atoms with E-state index in [-0.39, 0.29) is 37.6 Å². The first-order valence-electron chi connectivity index (χ1n) is 17.1. The van der Waals surface area contributed by atoms with Crippen LogP contribution in [0.15, 0.2) is 65.3 Å². The Morgan fingerprint density at radius 2 is 1.92 bits per heavy atom. The number of aromatic nitrogens is 3. The molecule has 8 rings (SSSR count). The summed E-state index contributed by atoms with van der Waals surface area (Å²) in [6, 6.07) is 12.0. The number of furan rings is 1. The van der Waals surface area contributed by atoms with Crippen molar-refractivity contribution in [2.75, 3.05) is 6.54 Å². The molecule has 0 unspecified atom stereocenters. The van der Waals surface area contributed by atoms with Gasteiger partial charge in [-0.2, -0.15) is 9.61 Å². The van der Waals surface area contributed by atoms with Gasteiger partial charge in [0.25, 0.3) is 5.91 Å². The van der Waals surface area contributed by atoms with Gasteiger partial charge >= 0.3 is 0 Å². The highest BCUT2D eigenvalue weighted by Gasteiger charge is 2.62. The van der Waals surface area contributed by atoms with E-state index in [1.165, 1.54) is 0 Å². The Hall–Kier alpha value is -4.72. The van der Waals surface area contributed by atoms with Crippen molar-refractivity contribution < 1.29 is 32.0 Å². The zero-order chi connectivity index (χ0) is 33.8. The SMILES string of the molecule is O=C1N[C@]2(C(=O)NS(=O)(=O)C3CC3)C[C@H]2/C=C\CCCCCCC(=O)N2C[C@H](Oc3cc(-c4ccco4)nc4c5ccccc5nn34)C[C@@H]12. The third-order valence-electron chi connectivity index (χ3n) is 10.0. The second-order valence-electron chi connectivity index (χ2n) is 13.6. The Bertz CT molecular complexity index is 2070. The molecular formula is C35H38N6O7S. The Balaban J connectivity index is 1.10. The Labute approximate surface area is 283 Å². The van der Waals surface area contributed by atoms with Crippen LogP contribution in [0.5, 0.6) is 5.88 Å². The molecule has 4 atom stereocenters. The highest BCUT2D eigenvalue weighted by molar-refractivity contribution is 7.91. The standard InChI is InChI=1S/C35H38N6O7S/c42-30-14-6-4-2-1-3-5-10-22-20-35(22,34(44)39-49(45,46)24-15-16-24)37-33(43)28-18-23(21-40(28)30)48-31-19-27(29-13-9-17-47-29)36-32-25-11-7-8-12-26(25)38-41(31)32/h5,7-13,17,19,22-24,28H,1-4,6,14-16,18,20-21H2,(H,37,43)(H,39,44)/b10-5-/t22-,23-,28+,35-/m1/s1. The van der Waals surface area contributed by atoms with Crippen molar-refractivity contribution in [2.24, 2.45) is 5.92 Å². The summed E-state index contributed by atoms with van der Waals surface area (Å²) in [5.41, 5.74) is 0.434. The number of rotatable bonds is 6. The third kappa shape index (κ3) is 6.06. The van der Waals surface area contributed by atoms with Gasteiger partial charge in [-0.05, 0) is 62.8 Å². The van der Waals surface area contributed by atoms with Gasteiger partial charge in [0.2, 0.25) is 27.7 Å². The quantitative estimate of drug-likeness (QED) is 0.286. The fourth-order valence-corrected chi connectivity index (χ4v) is 8.44. The van der Waals surface area contributed by atoms with E-state index in [0.29, 0.717) is 42.2 Å². The molecule has 256 valence electrons. The summed E-state index contributed by atoms with van der Waals surface area (Å²) >= 11 is 0. The lowest BCUT2D eigenvalue weighted by atomic mass is 10.1. The van der Waals surface area contributed by atoms with Crippen molar-refractivity contribution in [3.05, 3.63) is 60.9 Å². The number of amides is 3. The van der Waals surface area contributed by atoms with Gasteiger partial charge in [0, 0.05) is 30.2 Å². The van der Waals surface area contributed by atoms with E-state index in [0.717, 1.165) is 36.6 Å². The molecule has 4 aliphatic rings. The number of carbonyl (C=O) groups excluding carboxylic acids is 3. The maximum atomic E-state index is 14.1. The molecule has 0 radical (unpaired) electrons. The van der Waals surface area contributed by atoms with E-state index in [4.69, 9.17) is 19.2 Å². The van der Waals surface area contributed by atoms with Crippen LogP contribution < -0.4 is 14.8 Å². The number of carbonyl (C=O) groups is 3. The molecule has 3 fully saturated rings. The molecule has 3 aromatic heterocycles. The average Bonchev–Trinajstić information content (AvgIpc) is 3.87. The Morgan fingerprint density at radius 3 is 2.73 bits per heavy atom. The second-order valence-corrected chi connectivity index (χ2v) is 15.5. The summed E-state index contributed by atoms with van der Waals surface area (Å²) in [7, 11) is -3.83. The molecule has 0 bridgehead atoms. The minimum Gasteiger partial charge on any atom is -0.472 e. The minimum absolute atomic E-state index is 0.149. The zero-order valence-corrected chi connectivity index (χ0v) is 27.7. The van der Waals surface area contributed by atoms with Crippen molar-refractivity contribution in [3.63, 3.8) is 0 Å². The zero-order valence-electron chi connectivity index (χ0n) is 26.9. The van der Waals surface area contributed by atoms with Gasteiger partial charge in [-0.1, -0.05) is 37.1 Å². The van der Waals surface area contributed by atoms with Crippen LogP contribution in [-0.4, -0.2) is 75.1 Å². The van der Waals surface area contributed by atoms with E-state index in [1.54, 1.807) is 33.9 Å². The molecule has 2 aliphatic heterocycles. The summed E-state index contributed by atoms with van der Waals surface area (Å²) in [5, 5.41) is 7.89. The van der Waals surface area contributed by atoms with E-state index in [1.807, 2.05) is 36.4 Å². The van der Waals surface area contributed by atoms with Crippen molar-refractivity contribution in [1.82, 2.24) is 29.5 Å². The molecule has 1 aromatic carbocycles. The number of allylic oxidation sites excluding steroid dienone is 1. The Morgan fingerprint density at radius 1 is 1.08 bits per heavy atom. The highest BCUT2D eigenvalue weighted by atomic mass is 32.2. The van der Waals surface area contributed by atoms with Crippen molar-refractivity contribution >= 4 is 44.3 Å². The monoisotopic (exact) mass is 686 g/mol. The molecule has 0 spiro atoms. The van der Waals surface area contributed by atoms with Crippen LogP contribution in [0.3, 0.4) is 0 Å². The summed E-state index contributed by atoms with van der Waals surface area (Å²) in [6.45, 7) is 0.149. The second kappa shape index (κ2) is 12.3. The summed E-state index contributed by atoms with van der Waals surface area (Å²) in [5.74, 6) is -0.834. The molecule has 2 saturated carbocycles. The molecule has 3 amide bonds. The van der Waals surface area contributed by atoms with Gasteiger partial charge < -0.3 is 19.4 Å². The predicted molar refractivity (Wildman–Crippen MR) is 179 cm³/mol. The molecule has 4 aromatic rings. The minimum atomic E-state index is -3.83. The van der Waals surface area contributed by atoms with Gasteiger partial charge in [-0.15, -0.1) is 0 Å². The topological polar surface area (TPSA) is 165 Å². The van der Waals surface area contributed by atoms with E-state index in [2.05, 4.69) is 10.0 Å². The van der Waals surface area contributed by atoms with E-state index < -0.39 is 44.8 Å². The number of nitrogens with zero attached hydrogens (tertiary/aromatic N) is 4. The van der Waals surface area contributed by atoms with Crippen molar-refractivity contribution in [1.29, 1.82) is 0 Å². The van der Waals surface area contributed by atoms with Crippen molar-refractivity contribution in [3.8, 4) is 17.3 Å². The molecule has 13 nitrogen and oxygen atoms in total. The fraction of sp³-hybridized carbons (Fsp3) is 0.457. The summed E-state index contributed by atoms with van der Waals surface area (Å²) < 4.78 is 41.6. The summed E-state index contributed by atoms with van der Waals surface area (Å²) in [6.07, 6.45) is 10.9. The van der Waals surface area contributed by atoms with Gasteiger partial charge in [0.1, 0.15) is 23.4 Å². The summed E-state index contributed by atoms with van der Waals surface area (Å²) in [4.78, 5) is 47.7. The first-order chi connectivity index (χ1) is 23.7. The highest BCUT2D eigenvalue weighted by Crippen LogP contribution is 2.46. The largest absolute Gasteiger partial charge is 0.472 e. The number of nitrogens with one attached hydrogen (secondary N) is 2. The molecule has 5 heterocycles. The van der Waals surface area contributed by atoms with Crippen LogP contribution in [0.25, 0.3) is 28.0 Å². The number of benzene rings is 1. The van der Waals surface area contributed by atoms with E-state index in [9.17, 15) is 22.8 Å². The molecule has 2 aliphatic carbocycles. The van der Waals surface area contributed by atoms with Crippen LogP contribution in [0, 0.1) is 5.92 Å². The lowest BCUT2D eigenvalue weighted by Crippen LogP contribution is -2.56. The number of hydrogen-bond acceptors (Lipinski definition) is 9. The molecule has 14 heteroatoms. The number of fused-ring (bicyclic) bond motifs is 5. The van der Waals surface area contributed by atoms with Crippen LogP contribution in [0.4, 0.5) is 0 Å². The number of hydrogen-bond donors (Lipinski definition) is 2. The first-order valence-corrected chi connectivity index (χ1v) is 18.6. The molecular weight excluding hydrogens is 648 g/mol. The maximum Gasteiger partial charge on any atom is 0.259 e. The van der Waals surface area contributed by atoms with Crippen LogP contribution in [0.1, 0.15) is 64.2 Å². The maximum absolute atomic E-state index is 14.1. The lowest BCUT2D eigenvalue weighted by Gasteiger charge is -2.26. The smallest absolute Gasteiger partial charge is 0.259 e. The lowest BCUT2D eigenvalue weighted by molar-refractivity contribution is -0.139. The van der Waals surface area contributed by atoms with Gasteiger partial charge in [-0.3, -0.25) is 19.1 Å². The molecule has 1 saturated heterocycles. The van der Waals surface area contributed by atoms with Crippen LogP contribution in [-0.2, 0) is 24.4 Å². The Kier molecular flexibility index (Phi) is 7.92. The third-order valence-corrected chi connectivity index (χ3v) is 11.9. The fourth-order valence-electron chi connectivity index (χ4n) is 7.08. The average molecular weight is 687 g/mol. The van der Waals surface area contributed by atoms with Gasteiger partial charge in [0.15, 0.2) is 11.4 Å². The van der Waals surface area contributed by atoms with Gasteiger partial charge in [-0.25, -0.2) is 13.4 Å². The predicted octanol–water partition coefficient (Wildman–Crippen LogP) is 3.88. The molecule has 2 N–H and O–H groups in total. The molecule has 49 heavy (non-hydrogen) atoms. The van der Waals surface area contributed by atoms with Crippen LogP contribution in [0.2, 0.25) is 0 Å². The van der Waals surface area contributed by atoms with E-state index >= 15 is 0 Å². The van der Waals surface area contributed by atoms with Crippen molar-refractivity contribution in [2.45, 2.75) is 87.1 Å². The van der Waals surface area contributed by atoms with Gasteiger partial charge in [0.05, 0.1) is 23.6 Å². The normalized spacial score (nSPS) is 27.1. The first kappa shape index (κ1) is 31.5. The number of ether oxygens (including phenoxy) is 1. The van der Waals surface area contributed by atoms with Crippen LogP contribution >= 0.6 is 0 Å². The number of sulfonamides is 1.